The molecule has 1 heterocycles. The normalized spacial score (nSPS) is 15.8. The van der Waals surface area contributed by atoms with Gasteiger partial charge in [-0.25, -0.2) is 0 Å². The van der Waals surface area contributed by atoms with E-state index in [0.717, 1.165) is 0 Å². The summed E-state index contributed by atoms with van der Waals surface area (Å²) < 4.78 is 0. The van der Waals surface area contributed by atoms with Gasteiger partial charge < -0.3 is 86.3 Å². The molecule has 358 valence electrons. The third kappa shape index (κ3) is 21.2. The van der Waals surface area contributed by atoms with Crippen LogP contribution >= 0.6 is 0 Å². The van der Waals surface area contributed by atoms with Crippen molar-refractivity contribution in [2.24, 2.45) is 22.9 Å². The number of hydrogen-bond donors (Lipinski definition) is 16. The number of aliphatic hydroxyl groups is 2. The highest BCUT2D eigenvalue weighted by atomic mass is 16.3. The van der Waals surface area contributed by atoms with Crippen LogP contribution < -0.4 is 76.1 Å². The van der Waals surface area contributed by atoms with Crippen molar-refractivity contribution in [3.05, 3.63) is 0 Å². The second-order valence-electron chi connectivity index (χ2n) is 14.3. The van der Waals surface area contributed by atoms with E-state index in [1.54, 1.807) is 0 Å². The van der Waals surface area contributed by atoms with Gasteiger partial charge in [0.1, 0.15) is 42.3 Å². The van der Waals surface area contributed by atoms with Crippen molar-refractivity contribution in [3.63, 3.8) is 0 Å². The summed E-state index contributed by atoms with van der Waals surface area (Å²) in [5.41, 5.74) is 20.8. The summed E-state index contributed by atoms with van der Waals surface area (Å²) in [5.74, 6) is -12.0. The molecule has 20 N–H and O–H groups in total. The lowest BCUT2D eigenvalue weighted by molar-refractivity contribution is -0.135. The number of hydrogen-bond acceptors (Lipinski definition) is 16. The van der Waals surface area contributed by atoms with Crippen molar-refractivity contribution in [3.8, 4) is 0 Å². The molecule has 1 aliphatic heterocycles. The highest BCUT2D eigenvalue weighted by molar-refractivity contribution is 5.98. The summed E-state index contributed by atoms with van der Waals surface area (Å²) >= 11 is 0. The van der Waals surface area contributed by atoms with Crippen molar-refractivity contribution < 1.29 is 72.5 Å². The molecule has 29 nitrogen and oxygen atoms in total. The first-order valence-electron chi connectivity index (χ1n) is 19.8. The average Bonchev–Trinajstić information content (AvgIpc) is 3.68. The Hall–Kier alpha value is -7.01. The lowest BCUT2D eigenvalue weighted by atomic mass is 10.1. The predicted molar refractivity (Wildman–Crippen MR) is 216 cm³/mol. The Labute approximate surface area is 365 Å². The Bertz CT molecular complexity index is 1750. The number of nitrogens with two attached hydrogens (primary N) is 4. The minimum absolute atomic E-state index is 0.0122. The van der Waals surface area contributed by atoms with E-state index in [1.807, 2.05) is 0 Å². The molecule has 29 heteroatoms. The molecule has 0 unspecified atom stereocenters. The molecule has 0 aromatic rings. The van der Waals surface area contributed by atoms with Crippen LogP contribution in [-0.2, 0) is 62.3 Å². The molecule has 0 spiro atoms. The number of primary amides is 3. The molecule has 1 rings (SSSR count). The first-order valence-corrected chi connectivity index (χ1v) is 19.8. The zero-order chi connectivity index (χ0) is 48.5. The molecule has 0 radical (unpaired) electrons. The van der Waals surface area contributed by atoms with Gasteiger partial charge in [0.15, 0.2) is 0 Å². The van der Waals surface area contributed by atoms with Crippen LogP contribution in [-0.4, -0.2) is 169 Å². The topological polar surface area (TPSA) is 487 Å². The largest absolute Gasteiger partial charge is 0.394 e. The summed E-state index contributed by atoms with van der Waals surface area (Å²) in [6.07, 6.45) is -0.472. The highest BCUT2D eigenvalue weighted by Gasteiger charge is 2.33. The van der Waals surface area contributed by atoms with Crippen LogP contribution in [0.15, 0.2) is 0 Å². The Balaban J connectivity index is 2.87. The molecule has 1 fully saturated rings. The SMILES string of the molecule is C[C@H](NC(=O)[C@@H]1CCC(=O)N1)C(=O)N[C@@H](CCCCN)C(=O)N[C@@H](CO)C(=O)N[C@@H](CCC(N)=O)C(=O)NCC(=O)NCC(=O)N[C@@H](CO)C(=O)N[C@@H](CC(N)=O)C(=O)NCC(N)=O. The van der Waals surface area contributed by atoms with E-state index in [4.69, 9.17) is 22.9 Å². The zero-order valence-electron chi connectivity index (χ0n) is 35.0. The summed E-state index contributed by atoms with van der Waals surface area (Å²) in [6.45, 7) is -2.76. The Morgan fingerprint density at radius 3 is 1.66 bits per heavy atom. The molecule has 0 aromatic carbocycles. The van der Waals surface area contributed by atoms with Crippen LogP contribution in [0, 0.1) is 0 Å². The summed E-state index contributed by atoms with van der Waals surface area (Å²) in [5, 5.41) is 42.0. The highest BCUT2D eigenvalue weighted by Crippen LogP contribution is 2.08. The summed E-state index contributed by atoms with van der Waals surface area (Å²) in [6, 6.07) is -9.97. The number of amides is 13. The summed E-state index contributed by atoms with van der Waals surface area (Å²) in [4.78, 5) is 160. The maximum atomic E-state index is 13.3. The van der Waals surface area contributed by atoms with Gasteiger partial charge in [0.2, 0.25) is 76.8 Å². The standard InChI is InChI=1S/C35H58N14O15/c1-16(43-32(61)19-6-8-26(55)44-19)29(58)46-17(4-2-3-9-36)33(62)49-22(15-51)35(64)47-18(5-7-23(37)52)30(59)42-12-27(56)40-13-28(57)45-21(14-50)34(63)48-20(10-24(38)53)31(60)41-11-25(39)54/h16-22,50-51H,2-15,36H2,1H3,(H2,37,52)(H2,38,53)(H2,39,54)(H,40,56)(H,41,60)(H,42,59)(H,43,61)(H,44,55)(H,45,57)(H,46,58)(H,47,64)(H,48,63)(H,49,62)/t16-,17-,18-,19-,20-,21-,22-/m0/s1. The van der Waals surface area contributed by atoms with Crippen molar-refractivity contribution in [2.45, 2.75) is 101 Å². The first-order chi connectivity index (χ1) is 30.1. The fourth-order valence-corrected chi connectivity index (χ4v) is 5.49. The van der Waals surface area contributed by atoms with E-state index in [9.17, 15) is 72.5 Å². The molecule has 0 aliphatic carbocycles. The second-order valence-corrected chi connectivity index (χ2v) is 14.3. The Morgan fingerprint density at radius 2 is 1.11 bits per heavy atom. The molecule has 1 saturated heterocycles. The van der Waals surface area contributed by atoms with Gasteiger partial charge in [-0.2, -0.15) is 0 Å². The van der Waals surface area contributed by atoms with Crippen LogP contribution in [0.1, 0.15) is 58.3 Å². The maximum Gasteiger partial charge on any atom is 0.245 e. The number of carbonyl (C=O) groups excluding carboxylic acids is 13. The third-order valence-corrected chi connectivity index (χ3v) is 8.95. The van der Waals surface area contributed by atoms with Crippen LogP contribution in [0.2, 0.25) is 0 Å². The minimum Gasteiger partial charge on any atom is -0.394 e. The number of nitrogens with one attached hydrogen (secondary N) is 10. The average molecular weight is 915 g/mol. The van der Waals surface area contributed by atoms with E-state index in [1.165, 1.54) is 6.92 Å². The Morgan fingerprint density at radius 1 is 0.594 bits per heavy atom. The van der Waals surface area contributed by atoms with Gasteiger partial charge in [-0.05, 0) is 45.6 Å². The van der Waals surface area contributed by atoms with E-state index in [-0.39, 0.29) is 31.7 Å². The molecule has 0 bridgehead atoms. The van der Waals surface area contributed by atoms with Gasteiger partial charge in [0, 0.05) is 12.8 Å². The Kier molecular flexibility index (Phi) is 24.6. The van der Waals surface area contributed by atoms with E-state index in [2.05, 4.69) is 53.2 Å². The fourth-order valence-electron chi connectivity index (χ4n) is 5.49. The van der Waals surface area contributed by atoms with E-state index < -0.39 is 165 Å². The molecule has 7 atom stereocenters. The van der Waals surface area contributed by atoms with Crippen LogP contribution in [0.3, 0.4) is 0 Å². The van der Waals surface area contributed by atoms with Crippen molar-refractivity contribution >= 4 is 76.8 Å². The molecule has 0 saturated carbocycles. The lowest BCUT2D eigenvalue weighted by Gasteiger charge is -2.25. The minimum atomic E-state index is -1.73. The number of carbonyl (C=O) groups is 13. The van der Waals surface area contributed by atoms with Crippen LogP contribution in [0.4, 0.5) is 0 Å². The van der Waals surface area contributed by atoms with Gasteiger partial charge >= 0.3 is 0 Å². The number of aliphatic hydroxyl groups excluding tert-OH is 2. The van der Waals surface area contributed by atoms with E-state index in [0.29, 0.717) is 12.8 Å². The molecule has 1 aliphatic rings. The smallest absolute Gasteiger partial charge is 0.245 e. The van der Waals surface area contributed by atoms with Gasteiger partial charge in [-0.3, -0.25) is 62.3 Å². The molecular formula is C35H58N14O15. The lowest BCUT2D eigenvalue weighted by Crippen LogP contribution is -2.59. The van der Waals surface area contributed by atoms with Crippen molar-refractivity contribution in [1.29, 1.82) is 0 Å². The first kappa shape index (κ1) is 55.0. The van der Waals surface area contributed by atoms with Crippen molar-refractivity contribution in [1.82, 2.24) is 53.2 Å². The molecule has 0 aromatic heterocycles. The number of unbranched alkanes of at least 4 members (excludes halogenated alkanes) is 1. The quantitative estimate of drug-likeness (QED) is 0.0298. The monoisotopic (exact) mass is 914 g/mol. The maximum absolute atomic E-state index is 13.3. The van der Waals surface area contributed by atoms with Gasteiger partial charge in [0.25, 0.3) is 0 Å². The molecule has 13 amide bonds. The predicted octanol–water partition coefficient (Wildman–Crippen LogP) is -10.7. The van der Waals surface area contributed by atoms with Gasteiger partial charge in [-0.1, -0.05) is 0 Å². The number of rotatable bonds is 30. The zero-order valence-corrected chi connectivity index (χ0v) is 35.0. The fraction of sp³-hybridized carbons (Fsp3) is 0.629. The second kappa shape index (κ2) is 28.6. The van der Waals surface area contributed by atoms with E-state index >= 15 is 0 Å². The van der Waals surface area contributed by atoms with Gasteiger partial charge in [0.05, 0.1) is 39.3 Å². The summed E-state index contributed by atoms with van der Waals surface area (Å²) in [7, 11) is 0. The third-order valence-electron chi connectivity index (χ3n) is 8.95. The van der Waals surface area contributed by atoms with Crippen LogP contribution in [0.25, 0.3) is 0 Å². The molecule has 64 heavy (non-hydrogen) atoms. The molecular weight excluding hydrogens is 856 g/mol. The van der Waals surface area contributed by atoms with Gasteiger partial charge in [-0.15, -0.1) is 0 Å². The van der Waals surface area contributed by atoms with Crippen molar-refractivity contribution in [2.75, 3.05) is 39.4 Å². The van der Waals surface area contributed by atoms with Crippen LogP contribution in [0.5, 0.6) is 0 Å².